The number of benzene rings is 1. The van der Waals surface area contributed by atoms with Gasteiger partial charge in [0.15, 0.2) is 11.5 Å². The highest BCUT2D eigenvalue weighted by atomic mass is 32.1. The molecule has 0 saturated carbocycles. The van der Waals surface area contributed by atoms with Gasteiger partial charge in [-0.05, 0) is 36.2 Å². The molecule has 1 aliphatic rings. The summed E-state index contributed by atoms with van der Waals surface area (Å²) in [5.74, 6) is 1.19. The number of amides is 2. The van der Waals surface area contributed by atoms with Crippen LogP contribution in [0, 0.1) is 12.3 Å². The second-order valence-electron chi connectivity index (χ2n) is 7.49. The number of hydrogen-bond donors (Lipinski definition) is 2. The Morgan fingerprint density at radius 1 is 1.11 bits per heavy atom. The molecule has 0 atom stereocenters. The number of rotatable bonds is 4. The minimum absolute atomic E-state index is 0.0769. The Balaban J connectivity index is 1.64. The average Bonchev–Trinajstić information content (AvgIpc) is 2.99. The van der Waals surface area contributed by atoms with Gasteiger partial charge in [-0.1, -0.05) is 26.8 Å². The summed E-state index contributed by atoms with van der Waals surface area (Å²) in [6.45, 7) is 8.88. The van der Waals surface area contributed by atoms with Crippen LogP contribution < -0.4 is 20.1 Å². The maximum absolute atomic E-state index is 12.6. The molecule has 2 N–H and O–H groups in total. The van der Waals surface area contributed by atoms with Gasteiger partial charge in [-0.3, -0.25) is 9.59 Å². The highest BCUT2D eigenvalue weighted by Crippen LogP contribution is 2.31. The quantitative estimate of drug-likeness (QED) is 0.836. The second kappa shape index (κ2) is 7.60. The number of carbonyl (C=O) groups is 2. The van der Waals surface area contributed by atoms with E-state index in [4.69, 9.17) is 9.47 Å². The third-order valence-electron chi connectivity index (χ3n) is 4.10. The van der Waals surface area contributed by atoms with Gasteiger partial charge >= 0.3 is 0 Å². The smallest absolute Gasteiger partial charge is 0.261 e. The van der Waals surface area contributed by atoms with Gasteiger partial charge in [-0.15, -0.1) is 11.3 Å². The third kappa shape index (κ3) is 4.60. The summed E-state index contributed by atoms with van der Waals surface area (Å²) in [4.78, 5) is 25.3. The fourth-order valence-electron chi connectivity index (χ4n) is 2.53. The lowest BCUT2D eigenvalue weighted by atomic mass is 9.96. The topological polar surface area (TPSA) is 76.7 Å². The van der Waals surface area contributed by atoms with Crippen molar-refractivity contribution in [2.75, 3.05) is 18.5 Å². The zero-order valence-electron chi connectivity index (χ0n) is 16.0. The van der Waals surface area contributed by atoms with Gasteiger partial charge in [0, 0.05) is 12.0 Å². The lowest BCUT2D eigenvalue weighted by molar-refractivity contribution is -0.123. The molecule has 0 bridgehead atoms. The lowest BCUT2D eigenvalue weighted by Crippen LogP contribution is -2.27. The lowest BCUT2D eigenvalue weighted by Gasteiger charge is -2.19. The molecule has 3 rings (SSSR count). The Hall–Kier alpha value is -2.54. The van der Waals surface area contributed by atoms with Crippen LogP contribution in [0.25, 0.3) is 0 Å². The molecule has 2 amide bonds. The number of anilines is 1. The number of thiophene rings is 1. The number of ether oxygens (including phenoxy) is 2. The van der Waals surface area contributed by atoms with Crippen molar-refractivity contribution in [3.63, 3.8) is 0 Å². The Labute approximate surface area is 162 Å². The summed E-state index contributed by atoms with van der Waals surface area (Å²) in [6, 6.07) is 7.47. The fourth-order valence-corrected chi connectivity index (χ4v) is 3.51. The molecule has 1 aromatic carbocycles. The zero-order valence-corrected chi connectivity index (χ0v) is 16.8. The van der Waals surface area contributed by atoms with Crippen molar-refractivity contribution in [2.24, 2.45) is 5.41 Å². The summed E-state index contributed by atoms with van der Waals surface area (Å²) in [5.41, 5.74) is 1.28. The van der Waals surface area contributed by atoms with Crippen molar-refractivity contribution < 1.29 is 19.1 Å². The van der Waals surface area contributed by atoms with Gasteiger partial charge in [0.2, 0.25) is 5.91 Å². The molecule has 144 valence electrons. The van der Waals surface area contributed by atoms with Crippen LogP contribution in [-0.4, -0.2) is 25.0 Å². The van der Waals surface area contributed by atoms with Crippen LogP contribution >= 0.6 is 11.3 Å². The van der Waals surface area contributed by atoms with Gasteiger partial charge in [0.1, 0.15) is 13.2 Å². The molecule has 2 heterocycles. The van der Waals surface area contributed by atoms with Gasteiger partial charge < -0.3 is 20.1 Å². The molecular formula is C20H24N2O4S. The van der Waals surface area contributed by atoms with E-state index in [2.05, 4.69) is 10.6 Å². The van der Waals surface area contributed by atoms with Gasteiger partial charge in [-0.2, -0.15) is 0 Å². The Kier molecular flexibility index (Phi) is 5.41. The molecule has 6 nitrogen and oxygen atoms in total. The molecule has 0 aliphatic carbocycles. The van der Waals surface area contributed by atoms with Crippen LogP contribution in [0.1, 0.15) is 41.6 Å². The van der Waals surface area contributed by atoms with Crippen LogP contribution in [0.4, 0.5) is 5.00 Å². The Bertz CT molecular complexity index is 867. The van der Waals surface area contributed by atoms with E-state index in [0.29, 0.717) is 35.4 Å². The number of hydrogen-bond acceptors (Lipinski definition) is 5. The predicted molar refractivity (Wildman–Crippen MR) is 106 cm³/mol. The molecule has 0 radical (unpaired) electrons. The molecule has 0 fully saturated rings. The summed E-state index contributed by atoms with van der Waals surface area (Å²) in [5, 5.41) is 6.47. The molecule has 0 spiro atoms. The van der Waals surface area contributed by atoms with Crippen molar-refractivity contribution in [1.29, 1.82) is 0 Å². The van der Waals surface area contributed by atoms with Gasteiger partial charge in [0.25, 0.3) is 5.91 Å². The highest BCUT2D eigenvalue weighted by molar-refractivity contribution is 7.18. The minimum atomic E-state index is -0.488. The molecule has 1 aliphatic heterocycles. The van der Waals surface area contributed by atoms with Crippen LogP contribution in [0.15, 0.2) is 24.3 Å². The first-order valence-corrected chi connectivity index (χ1v) is 9.64. The van der Waals surface area contributed by atoms with Crippen LogP contribution in [0.2, 0.25) is 0 Å². The van der Waals surface area contributed by atoms with Crippen molar-refractivity contribution in [2.45, 2.75) is 34.2 Å². The van der Waals surface area contributed by atoms with Crippen LogP contribution in [-0.2, 0) is 11.3 Å². The van der Waals surface area contributed by atoms with E-state index in [1.54, 1.807) is 0 Å². The molecule has 27 heavy (non-hydrogen) atoms. The first-order valence-electron chi connectivity index (χ1n) is 8.82. The molecule has 2 aromatic rings. The summed E-state index contributed by atoms with van der Waals surface area (Å²) in [6.07, 6.45) is 0. The second-order valence-corrected chi connectivity index (χ2v) is 8.54. The van der Waals surface area contributed by atoms with E-state index in [1.807, 2.05) is 52.0 Å². The van der Waals surface area contributed by atoms with E-state index >= 15 is 0 Å². The average molecular weight is 388 g/mol. The Morgan fingerprint density at radius 3 is 2.52 bits per heavy atom. The maximum Gasteiger partial charge on any atom is 0.261 e. The summed E-state index contributed by atoms with van der Waals surface area (Å²) < 4.78 is 11.1. The van der Waals surface area contributed by atoms with E-state index in [0.717, 1.165) is 16.9 Å². The monoisotopic (exact) mass is 388 g/mol. The first-order chi connectivity index (χ1) is 12.7. The summed E-state index contributed by atoms with van der Waals surface area (Å²) >= 11 is 1.28. The molecular weight excluding hydrogens is 364 g/mol. The predicted octanol–water partition coefficient (Wildman–Crippen LogP) is 3.74. The molecule has 7 heteroatoms. The highest BCUT2D eigenvalue weighted by Gasteiger charge is 2.23. The molecule has 0 unspecified atom stereocenters. The number of aryl methyl sites for hydroxylation is 1. The maximum atomic E-state index is 12.6. The zero-order chi connectivity index (χ0) is 19.6. The largest absolute Gasteiger partial charge is 0.486 e. The van der Waals surface area contributed by atoms with E-state index in [1.165, 1.54) is 11.3 Å². The van der Waals surface area contributed by atoms with E-state index in [-0.39, 0.29) is 11.8 Å². The van der Waals surface area contributed by atoms with Crippen molar-refractivity contribution in [1.82, 2.24) is 5.32 Å². The summed E-state index contributed by atoms with van der Waals surface area (Å²) in [7, 11) is 0. The van der Waals surface area contributed by atoms with E-state index < -0.39 is 5.41 Å². The number of carbonyl (C=O) groups excluding carboxylic acids is 2. The standard InChI is InChI=1S/C20H24N2O4S/c1-12-9-16(22-19(24)20(2,3)4)27-17(12)18(23)21-11-13-5-6-14-15(10-13)26-8-7-25-14/h5-6,9-10H,7-8,11H2,1-4H3,(H,21,23)(H,22,24). The normalized spacial score (nSPS) is 13.2. The van der Waals surface area contributed by atoms with Crippen LogP contribution in [0.3, 0.4) is 0 Å². The number of nitrogens with one attached hydrogen (secondary N) is 2. The van der Waals surface area contributed by atoms with Crippen molar-refractivity contribution >= 4 is 28.2 Å². The van der Waals surface area contributed by atoms with Crippen molar-refractivity contribution in [3.05, 3.63) is 40.3 Å². The minimum Gasteiger partial charge on any atom is -0.486 e. The fraction of sp³-hybridized carbons (Fsp3) is 0.400. The van der Waals surface area contributed by atoms with E-state index in [9.17, 15) is 9.59 Å². The van der Waals surface area contributed by atoms with Crippen molar-refractivity contribution in [3.8, 4) is 11.5 Å². The van der Waals surface area contributed by atoms with Gasteiger partial charge in [0.05, 0.1) is 9.88 Å². The number of fused-ring (bicyclic) bond motifs is 1. The SMILES string of the molecule is Cc1cc(NC(=O)C(C)(C)C)sc1C(=O)NCc1ccc2c(c1)OCCO2. The first kappa shape index (κ1) is 19.2. The third-order valence-corrected chi connectivity index (χ3v) is 5.25. The molecule has 0 saturated heterocycles. The molecule has 1 aromatic heterocycles. The van der Waals surface area contributed by atoms with Gasteiger partial charge in [-0.25, -0.2) is 0 Å². The van der Waals surface area contributed by atoms with Crippen LogP contribution in [0.5, 0.6) is 11.5 Å². The Morgan fingerprint density at radius 2 is 1.81 bits per heavy atom.